The number of aliphatic hydroxyl groups excluding tert-OH is 1. The Bertz CT molecular complexity index is 370. The van der Waals surface area contributed by atoms with Gasteiger partial charge in [0.1, 0.15) is 0 Å². The Hall–Kier alpha value is -0.510. The maximum Gasteiger partial charge on any atom is 0.0616 e. The van der Waals surface area contributed by atoms with E-state index in [4.69, 9.17) is 0 Å². The number of aliphatic hydroxyl groups is 1. The molecule has 0 heterocycles. The Balaban J connectivity index is 1.84. The summed E-state index contributed by atoms with van der Waals surface area (Å²) in [5.74, 6) is 1.76. The molecule has 2 unspecified atom stereocenters. The summed E-state index contributed by atoms with van der Waals surface area (Å²) in [5.41, 5.74) is -0.00794. The second-order valence-corrected chi connectivity index (χ2v) is 6.55. The van der Waals surface area contributed by atoms with Crippen molar-refractivity contribution in [2.75, 3.05) is 18.9 Å². The zero-order chi connectivity index (χ0) is 13.6. The van der Waals surface area contributed by atoms with E-state index in [0.717, 1.165) is 18.7 Å². The number of benzene rings is 1. The molecule has 1 aliphatic rings. The van der Waals surface area contributed by atoms with Crippen LogP contribution in [-0.2, 0) is 0 Å². The SMILES string of the molecule is CCNC1(CO)CCCC1CCSc1ccccc1. The van der Waals surface area contributed by atoms with Crippen molar-refractivity contribution in [2.24, 2.45) is 5.92 Å². The van der Waals surface area contributed by atoms with Crippen LogP contribution < -0.4 is 5.32 Å². The van der Waals surface area contributed by atoms with E-state index in [9.17, 15) is 5.11 Å². The maximum absolute atomic E-state index is 9.77. The number of hydrogen-bond acceptors (Lipinski definition) is 3. The minimum atomic E-state index is -0.00794. The molecule has 3 heteroatoms. The van der Waals surface area contributed by atoms with Gasteiger partial charge in [0.2, 0.25) is 0 Å². The van der Waals surface area contributed by atoms with E-state index < -0.39 is 0 Å². The first-order chi connectivity index (χ1) is 9.30. The summed E-state index contributed by atoms with van der Waals surface area (Å²) in [6.07, 6.45) is 4.81. The molecule has 2 N–H and O–H groups in total. The van der Waals surface area contributed by atoms with Crippen LogP contribution in [0.3, 0.4) is 0 Å². The third kappa shape index (κ3) is 3.74. The molecule has 1 aliphatic carbocycles. The van der Waals surface area contributed by atoms with Crippen LogP contribution in [0, 0.1) is 5.92 Å². The zero-order valence-electron chi connectivity index (χ0n) is 11.8. The first kappa shape index (κ1) is 14.9. The average molecular weight is 279 g/mol. The van der Waals surface area contributed by atoms with Gasteiger partial charge in [0.15, 0.2) is 0 Å². The lowest BCUT2D eigenvalue weighted by atomic mass is 9.86. The summed E-state index contributed by atoms with van der Waals surface area (Å²) in [5, 5.41) is 13.3. The molecular weight excluding hydrogens is 254 g/mol. The molecule has 1 saturated carbocycles. The highest BCUT2D eigenvalue weighted by molar-refractivity contribution is 7.99. The van der Waals surface area contributed by atoms with Gasteiger partial charge in [0.25, 0.3) is 0 Å². The van der Waals surface area contributed by atoms with E-state index in [1.54, 1.807) is 0 Å². The fourth-order valence-corrected chi connectivity index (χ4v) is 4.24. The summed E-state index contributed by atoms with van der Waals surface area (Å²) in [6.45, 7) is 3.36. The molecule has 2 nitrogen and oxygen atoms in total. The molecule has 0 radical (unpaired) electrons. The van der Waals surface area contributed by atoms with Crippen molar-refractivity contribution in [1.29, 1.82) is 0 Å². The highest BCUT2D eigenvalue weighted by Gasteiger charge is 2.40. The van der Waals surface area contributed by atoms with Crippen LogP contribution in [0.25, 0.3) is 0 Å². The molecule has 1 aromatic rings. The van der Waals surface area contributed by atoms with E-state index in [1.165, 1.54) is 24.2 Å². The van der Waals surface area contributed by atoms with Crippen LogP contribution >= 0.6 is 11.8 Å². The van der Waals surface area contributed by atoms with Gasteiger partial charge in [-0.15, -0.1) is 11.8 Å². The largest absolute Gasteiger partial charge is 0.394 e. The average Bonchev–Trinajstić information content (AvgIpc) is 2.84. The minimum absolute atomic E-state index is 0.00794. The molecule has 0 aliphatic heterocycles. The molecule has 19 heavy (non-hydrogen) atoms. The van der Waals surface area contributed by atoms with Gasteiger partial charge < -0.3 is 10.4 Å². The highest BCUT2D eigenvalue weighted by Crippen LogP contribution is 2.38. The molecule has 2 atom stereocenters. The Morgan fingerprint density at radius 1 is 1.37 bits per heavy atom. The van der Waals surface area contributed by atoms with E-state index in [1.807, 2.05) is 11.8 Å². The highest BCUT2D eigenvalue weighted by atomic mass is 32.2. The lowest BCUT2D eigenvalue weighted by molar-refractivity contribution is 0.124. The Morgan fingerprint density at radius 2 is 2.16 bits per heavy atom. The van der Waals surface area contributed by atoms with Gasteiger partial charge in [-0.25, -0.2) is 0 Å². The molecule has 1 aromatic carbocycles. The fraction of sp³-hybridized carbons (Fsp3) is 0.625. The van der Waals surface area contributed by atoms with Gasteiger partial charge in [-0.2, -0.15) is 0 Å². The monoisotopic (exact) mass is 279 g/mol. The third-order valence-electron chi connectivity index (χ3n) is 4.25. The van der Waals surface area contributed by atoms with Crippen LogP contribution in [0.15, 0.2) is 35.2 Å². The molecule has 2 rings (SSSR count). The van der Waals surface area contributed by atoms with Crippen molar-refractivity contribution in [3.8, 4) is 0 Å². The molecule has 0 aromatic heterocycles. The molecule has 106 valence electrons. The molecule has 1 fully saturated rings. The van der Waals surface area contributed by atoms with Crippen LogP contribution in [0.5, 0.6) is 0 Å². The van der Waals surface area contributed by atoms with Crippen molar-refractivity contribution < 1.29 is 5.11 Å². The van der Waals surface area contributed by atoms with E-state index in [0.29, 0.717) is 5.92 Å². The van der Waals surface area contributed by atoms with Crippen LogP contribution in [-0.4, -0.2) is 29.5 Å². The van der Waals surface area contributed by atoms with Crippen molar-refractivity contribution in [1.82, 2.24) is 5.32 Å². The van der Waals surface area contributed by atoms with E-state index >= 15 is 0 Å². The van der Waals surface area contributed by atoms with Gasteiger partial charge in [-0.05, 0) is 49.6 Å². The van der Waals surface area contributed by atoms with Crippen LogP contribution in [0.4, 0.5) is 0 Å². The predicted molar refractivity (Wildman–Crippen MR) is 82.6 cm³/mol. The van der Waals surface area contributed by atoms with E-state index in [2.05, 4.69) is 42.6 Å². The molecule has 0 amide bonds. The van der Waals surface area contributed by atoms with Gasteiger partial charge in [-0.3, -0.25) is 0 Å². The van der Waals surface area contributed by atoms with Crippen LogP contribution in [0.1, 0.15) is 32.6 Å². The number of thioether (sulfide) groups is 1. The third-order valence-corrected chi connectivity index (χ3v) is 5.29. The second kappa shape index (κ2) is 7.32. The number of likely N-dealkylation sites (N-methyl/N-ethyl adjacent to an activating group) is 1. The van der Waals surface area contributed by atoms with Gasteiger partial charge in [0, 0.05) is 10.4 Å². The second-order valence-electron chi connectivity index (χ2n) is 5.38. The first-order valence-electron chi connectivity index (χ1n) is 7.34. The van der Waals surface area contributed by atoms with Gasteiger partial charge >= 0.3 is 0 Å². The van der Waals surface area contributed by atoms with Crippen molar-refractivity contribution in [3.63, 3.8) is 0 Å². The standard InChI is InChI=1S/C16H25NOS/c1-2-17-16(13-18)11-6-7-14(16)10-12-19-15-8-4-3-5-9-15/h3-5,8-9,14,17-18H,2,6-7,10-13H2,1H3. The molecule has 0 bridgehead atoms. The lowest BCUT2D eigenvalue weighted by Crippen LogP contribution is -2.51. The smallest absolute Gasteiger partial charge is 0.0616 e. The van der Waals surface area contributed by atoms with Crippen molar-refractivity contribution in [2.45, 2.75) is 43.0 Å². The molecular formula is C16H25NOS. The predicted octanol–water partition coefficient (Wildman–Crippen LogP) is 3.31. The van der Waals surface area contributed by atoms with Crippen molar-refractivity contribution in [3.05, 3.63) is 30.3 Å². The zero-order valence-corrected chi connectivity index (χ0v) is 12.6. The summed E-state index contributed by atoms with van der Waals surface area (Å²) < 4.78 is 0. The van der Waals surface area contributed by atoms with Crippen LogP contribution in [0.2, 0.25) is 0 Å². The fourth-order valence-electron chi connectivity index (χ4n) is 3.25. The van der Waals surface area contributed by atoms with E-state index in [-0.39, 0.29) is 12.1 Å². The maximum atomic E-state index is 9.77. The Morgan fingerprint density at radius 3 is 2.84 bits per heavy atom. The normalized spacial score (nSPS) is 26.7. The number of rotatable bonds is 7. The topological polar surface area (TPSA) is 32.3 Å². The Kier molecular flexibility index (Phi) is 5.74. The number of nitrogens with one attached hydrogen (secondary N) is 1. The summed E-state index contributed by atoms with van der Waals surface area (Å²) in [4.78, 5) is 1.35. The van der Waals surface area contributed by atoms with Gasteiger partial charge in [0.05, 0.1) is 6.61 Å². The molecule has 0 spiro atoms. The van der Waals surface area contributed by atoms with Crippen molar-refractivity contribution >= 4 is 11.8 Å². The number of hydrogen-bond donors (Lipinski definition) is 2. The quantitative estimate of drug-likeness (QED) is 0.751. The van der Waals surface area contributed by atoms with Gasteiger partial charge in [-0.1, -0.05) is 31.5 Å². The first-order valence-corrected chi connectivity index (χ1v) is 8.33. The molecule has 0 saturated heterocycles. The summed E-state index contributed by atoms with van der Waals surface area (Å²) in [7, 11) is 0. The Labute approximate surface area is 121 Å². The minimum Gasteiger partial charge on any atom is -0.394 e. The summed E-state index contributed by atoms with van der Waals surface area (Å²) in [6, 6.07) is 10.6. The lowest BCUT2D eigenvalue weighted by Gasteiger charge is -2.35. The summed E-state index contributed by atoms with van der Waals surface area (Å²) >= 11 is 1.93.